The molecule has 0 aliphatic heterocycles. The van der Waals surface area contributed by atoms with Crippen LogP contribution in [-0.2, 0) is 23.9 Å². The molecule has 0 aromatic rings. The summed E-state index contributed by atoms with van der Waals surface area (Å²) in [6.45, 7) is 0. The maximum atomic E-state index is 11.4. The number of ether oxygens (including phenoxy) is 2. The van der Waals surface area contributed by atoms with Crippen LogP contribution in [0.1, 0.15) is 25.7 Å². The fraction of sp³-hybridized carbons (Fsp3) is 0.583. The number of hydrogen-bond acceptors (Lipinski definition) is 5. The van der Waals surface area contributed by atoms with Gasteiger partial charge in [-0.15, -0.1) is 12.3 Å². The number of terminal acetylenes is 1. The highest BCUT2D eigenvalue weighted by molar-refractivity contribution is 5.85. The van der Waals surface area contributed by atoms with Crippen molar-refractivity contribution in [3.63, 3.8) is 0 Å². The van der Waals surface area contributed by atoms with Gasteiger partial charge in [0.05, 0.1) is 14.2 Å². The number of rotatable bonds is 7. The summed E-state index contributed by atoms with van der Waals surface area (Å²) in [6.07, 6.45) is 5.59. The molecular weight excluding hydrogens is 238 g/mol. The molecule has 0 rings (SSSR count). The fourth-order valence-electron chi connectivity index (χ4n) is 1.21. The summed E-state index contributed by atoms with van der Waals surface area (Å²) in [5.74, 6) is 0.909. The van der Waals surface area contributed by atoms with E-state index >= 15 is 0 Å². The van der Waals surface area contributed by atoms with Crippen molar-refractivity contribution in [2.75, 3.05) is 14.2 Å². The van der Waals surface area contributed by atoms with Gasteiger partial charge in [0.1, 0.15) is 6.04 Å². The van der Waals surface area contributed by atoms with Crippen LogP contribution in [0.5, 0.6) is 0 Å². The molecule has 0 spiro atoms. The zero-order valence-corrected chi connectivity index (χ0v) is 10.5. The molecule has 0 heterocycles. The van der Waals surface area contributed by atoms with Crippen LogP contribution in [-0.4, -0.2) is 38.1 Å². The largest absolute Gasteiger partial charge is 0.469 e. The van der Waals surface area contributed by atoms with Gasteiger partial charge in [-0.1, -0.05) is 0 Å². The van der Waals surface area contributed by atoms with E-state index in [2.05, 4.69) is 20.7 Å². The second-order valence-corrected chi connectivity index (χ2v) is 3.46. The Kier molecular flexibility index (Phi) is 8.03. The van der Waals surface area contributed by atoms with E-state index in [4.69, 9.17) is 6.42 Å². The first-order valence-corrected chi connectivity index (χ1v) is 5.42. The lowest BCUT2D eigenvalue weighted by atomic mass is 10.1. The van der Waals surface area contributed by atoms with Gasteiger partial charge in [-0.25, -0.2) is 4.79 Å². The van der Waals surface area contributed by atoms with Crippen LogP contribution in [0.4, 0.5) is 0 Å². The van der Waals surface area contributed by atoms with Crippen molar-refractivity contribution >= 4 is 17.8 Å². The van der Waals surface area contributed by atoms with Crippen LogP contribution in [0, 0.1) is 12.3 Å². The molecule has 0 aliphatic carbocycles. The van der Waals surface area contributed by atoms with Gasteiger partial charge in [0.15, 0.2) is 0 Å². The molecule has 0 unspecified atom stereocenters. The molecule has 0 aromatic carbocycles. The van der Waals surface area contributed by atoms with Crippen molar-refractivity contribution in [3.8, 4) is 12.3 Å². The number of carbonyl (C=O) groups excluding carboxylic acids is 3. The lowest BCUT2D eigenvalue weighted by Gasteiger charge is -2.15. The Hall–Kier alpha value is -2.03. The summed E-state index contributed by atoms with van der Waals surface area (Å²) in [5.41, 5.74) is 0. The number of amides is 1. The number of nitrogens with one attached hydrogen (secondary N) is 1. The van der Waals surface area contributed by atoms with Gasteiger partial charge in [-0.05, 0) is 6.42 Å². The molecule has 1 atom stereocenters. The highest BCUT2D eigenvalue weighted by Crippen LogP contribution is 2.02. The summed E-state index contributed by atoms with van der Waals surface area (Å²) < 4.78 is 8.99. The van der Waals surface area contributed by atoms with Gasteiger partial charge in [0.2, 0.25) is 5.91 Å². The molecule has 1 amide bonds. The highest BCUT2D eigenvalue weighted by Gasteiger charge is 2.22. The summed E-state index contributed by atoms with van der Waals surface area (Å²) in [5, 5.41) is 2.47. The molecule has 6 heteroatoms. The molecule has 18 heavy (non-hydrogen) atoms. The summed E-state index contributed by atoms with van der Waals surface area (Å²) in [6, 6.07) is -0.862. The van der Waals surface area contributed by atoms with Gasteiger partial charge in [-0.3, -0.25) is 9.59 Å². The van der Waals surface area contributed by atoms with E-state index in [0.29, 0.717) is 0 Å². The first-order chi connectivity index (χ1) is 8.54. The van der Waals surface area contributed by atoms with Gasteiger partial charge in [0, 0.05) is 19.3 Å². The lowest BCUT2D eigenvalue weighted by molar-refractivity contribution is -0.146. The molecule has 1 N–H and O–H groups in total. The average Bonchev–Trinajstić information content (AvgIpc) is 2.39. The first kappa shape index (κ1) is 16.0. The predicted octanol–water partition coefficient (Wildman–Crippen LogP) is 0.0108. The van der Waals surface area contributed by atoms with Crippen LogP contribution in [0.15, 0.2) is 0 Å². The average molecular weight is 255 g/mol. The van der Waals surface area contributed by atoms with E-state index in [-0.39, 0.29) is 31.6 Å². The summed E-state index contributed by atoms with van der Waals surface area (Å²) in [7, 11) is 2.46. The third-order valence-electron chi connectivity index (χ3n) is 2.18. The van der Waals surface area contributed by atoms with E-state index in [0.717, 1.165) is 0 Å². The topological polar surface area (TPSA) is 81.7 Å². The normalized spacial score (nSPS) is 10.9. The molecule has 0 bridgehead atoms. The van der Waals surface area contributed by atoms with E-state index < -0.39 is 18.0 Å². The van der Waals surface area contributed by atoms with Crippen molar-refractivity contribution in [2.45, 2.75) is 31.7 Å². The Labute approximate surface area is 106 Å². The van der Waals surface area contributed by atoms with E-state index in [1.165, 1.54) is 14.2 Å². The van der Waals surface area contributed by atoms with Crippen LogP contribution >= 0.6 is 0 Å². The zero-order chi connectivity index (χ0) is 14.0. The first-order valence-electron chi connectivity index (χ1n) is 5.42. The van der Waals surface area contributed by atoms with Crippen molar-refractivity contribution in [1.29, 1.82) is 0 Å². The Bertz CT molecular complexity index is 345. The molecular formula is C12H17NO5. The maximum absolute atomic E-state index is 11.4. The zero-order valence-electron chi connectivity index (χ0n) is 10.5. The monoisotopic (exact) mass is 255 g/mol. The predicted molar refractivity (Wildman–Crippen MR) is 63.3 cm³/mol. The van der Waals surface area contributed by atoms with Gasteiger partial charge < -0.3 is 14.8 Å². The molecule has 100 valence electrons. The quantitative estimate of drug-likeness (QED) is 0.512. The Morgan fingerprint density at radius 1 is 1.22 bits per heavy atom. The van der Waals surface area contributed by atoms with Crippen molar-refractivity contribution in [2.24, 2.45) is 0 Å². The minimum absolute atomic E-state index is 0.0195. The van der Waals surface area contributed by atoms with E-state index in [9.17, 15) is 14.4 Å². The van der Waals surface area contributed by atoms with Gasteiger partial charge in [-0.2, -0.15) is 0 Å². The van der Waals surface area contributed by atoms with Crippen LogP contribution in [0.3, 0.4) is 0 Å². The molecule has 0 radical (unpaired) electrons. The second-order valence-electron chi connectivity index (χ2n) is 3.46. The second kappa shape index (κ2) is 9.05. The molecule has 0 saturated heterocycles. The van der Waals surface area contributed by atoms with Crippen LogP contribution < -0.4 is 5.32 Å². The van der Waals surface area contributed by atoms with Crippen LogP contribution in [0.25, 0.3) is 0 Å². The third-order valence-corrected chi connectivity index (χ3v) is 2.18. The summed E-state index contributed by atoms with van der Waals surface area (Å²) in [4.78, 5) is 33.8. The Morgan fingerprint density at radius 3 is 2.39 bits per heavy atom. The Morgan fingerprint density at radius 2 is 1.89 bits per heavy atom. The fourth-order valence-corrected chi connectivity index (χ4v) is 1.21. The summed E-state index contributed by atoms with van der Waals surface area (Å²) >= 11 is 0. The van der Waals surface area contributed by atoms with Crippen molar-refractivity contribution < 1.29 is 23.9 Å². The highest BCUT2D eigenvalue weighted by atomic mass is 16.5. The minimum Gasteiger partial charge on any atom is -0.469 e. The Balaban J connectivity index is 4.32. The minimum atomic E-state index is -0.862. The van der Waals surface area contributed by atoms with E-state index in [1.807, 2.05) is 0 Å². The molecule has 0 aromatic heterocycles. The number of hydrogen-bond donors (Lipinski definition) is 1. The van der Waals surface area contributed by atoms with E-state index in [1.54, 1.807) is 0 Å². The van der Waals surface area contributed by atoms with Crippen molar-refractivity contribution in [3.05, 3.63) is 0 Å². The molecule has 0 fully saturated rings. The molecule has 0 aliphatic rings. The van der Waals surface area contributed by atoms with Crippen molar-refractivity contribution in [1.82, 2.24) is 5.32 Å². The number of methoxy groups -OCH3 is 2. The SMILES string of the molecule is C#CCCC(=O)N[C@H](CCC(=O)OC)C(=O)OC. The maximum Gasteiger partial charge on any atom is 0.328 e. The van der Waals surface area contributed by atoms with Crippen LogP contribution in [0.2, 0.25) is 0 Å². The smallest absolute Gasteiger partial charge is 0.328 e. The number of esters is 2. The van der Waals surface area contributed by atoms with Gasteiger partial charge >= 0.3 is 11.9 Å². The standard InChI is InChI=1S/C12H17NO5/c1-4-5-6-10(14)13-9(12(16)18-3)7-8-11(15)17-2/h1,9H,5-8H2,2-3H3,(H,13,14)/t9-/m1/s1. The molecule has 6 nitrogen and oxygen atoms in total. The van der Waals surface area contributed by atoms with Gasteiger partial charge in [0.25, 0.3) is 0 Å². The number of carbonyl (C=O) groups is 3. The lowest BCUT2D eigenvalue weighted by Crippen LogP contribution is -2.41. The third kappa shape index (κ3) is 6.53. The molecule has 0 saturated carbocycles.